The SMILES string of the molecule is COc1ccc(C2CCCN2C(=O)C(C)NC(=O)c2ccc(Cl)cc2)cc1. The van der Waals surface area contributed by atoms with Gasteiger partial charge in [-0.15, -0.1) is 0 Å². The lowest BCUT2D eigenvalue weighted by Crippen LogP contribution is -2.46. The Morgan fingerprint density at radius 2 is 1.81 bits per heavy atom. The van der Waals surface area contributed by atoms with Gasteiger partial charge in [0.1, 0.15) is 11.8 Å². The van der Waals surface area contributed by atoms with Gasteiger partial charge >= 0.3 is 0 Å². The van der Waals surface area contributed by atoms with Crippen molar-refractivity contribution in [3.63, 3.8) is 0 Å². The zero-order valence-corrected chi connectivity index (χ0v) is 16.2. The molecule has 0 radical (unpaired) electrons. The molecule has 2 unspecified atom stereocenters. The van der Waals surface area contributed by atoms with Crippen molar-refractivity contribution in [2.24, 2.45) is 0 Å². The number of rotatable bonds is 5. The van der Waals surface area contributed by atoms with Gasteiger partial charge in [0, 0.05) is 17.1 Å². The molecule has 1 aliphatic heterocycles. The minimum atomic E-state index is -0.605. The highest BCUT2D eigenvalue weighted by Gasteiger charge is 2.33. The number of carbonyl (C=O) groups excluding carboxylic acids is 2. The van der Waals surface area contributed by atoms with E-state index in [0.29, 0.717) is 17.1 Å². The van der Waals surface area contributed by atoms with Crippen LogP contribution in [0.5, 0.6) is 5.75 Å². The van der Waals surface area contributed by atoms with Crippen LogP contribution in [0, 0.1) is 0 Å². The summed E-state index contributed by atoms with van der Waals surface area (Å²) in [5.41, 5.74) is 1.56. The monoisotopic (exact) mass is 386 g/mol. The molecule has 2 aromatic carbocycles. The standard InChI is InChI=1S/C21H23ClN2O3/c1-14(23-20(25)16-5-9-17(22)10-6-16)21(26)24-13-3-4-19(24)15-7-11-18(27-2)12-8-15/h5-12,14,19H,3-4,13H2,1-2H3,(H,23,25). The summed E-state index contributed by atoms with van der Waals surface area (Å²) in [4.78, 5) is 27.2. The predicted molar refractivity (Wildman–Crippen MR) is 105 cm³/mol. The van der Waals surface area contributed by atoms with E-state index in [1.807, 2.05) is 29.2 Å². The number of halogens is 1. The largest absolute Gasteiger partial charge is 0.497 e. The summed E-state index contributed by atoms with van der Waals surface area (Å²) in [7, 11) is 1.63. The van der Waals surface area contributed by atoms with Gasteiger partial charge in [-0.25, -0.2) is 0 Å². The fourth-order valence-corrected chi connectivity index (χ4v) is 3.52. The average molecular weight is 387 g/mol. The number of ether oxygens (including phenoxy) is 1. The van der Waals surface area contributed by atoms with E-state index in [4.69, 9.17) is 16.3 Å². The molecule has 27 heavy (non-hydrogen) atoms. The Bertz CT molecular complexity index is 805. The van der Waals surface area contributed by atoms with Gasteiger partial charge in [-0.05, 0) is 61.7 Å². The Morgan fingerprint density at radius 3 is 2.44 bits per heavy atom. The third-order valence-electron chi connectivity index (χ3n) is 4.86. The Kier molecular flexibility index (Phi) is 6.01. The maximum absolute atomic E-state index is 12.9. The Balaban J connectivity index is 1.67. The van der Waals surface area contributed by atoms with Crippen LogP contribution in [0.25, 0.3) is 0 Å². The van der Waals surface area contributed by atoms with E-state index in [2.05, 4.69) is 5.32 Å². The number of hydrogen-bond acceptors (Lipinski definition) is 3. The van der Waals surface area contributed by atoms with E-state index in [9.17, 15) is 9.59 Å². The minimum absolute atomic E-state index is 0.0262. The number of methoxy groups -OCH3 is 1. The third-order valence-corrected chi connectivity index (χ3v) is 5.11. The molecule has 2 atom stereocenters. The van der Waals surface area contributed by atoms with Crippen LogP contribution < -0.4 is 10.1 Å². The first-order valence-corrected chi connectivity index (χ1v) is 9.38. The molecular formula is C21H23ClN2O3. The van der Waals surface area contributed by atoms with Crippen molar-refractivity contribution in [3.05, 3.63) is 64.7 Å². The van der Waals surface area contributed by atoms with Gasteiger partial charge in [0.25, 0.3) is 5.91 Å². The number of hydrogen-bond donors (Lipinski definition) is 1. The topological polar surface area (TPSA) is 58.6 Å². The molecule has 0 spiro atoms. The van der Waals surface area contributed by atoms with Crippen LogP contribution in [0.2, 0.25) is 5.02 Å². The number of likely N-dealkylation sites (tertiary alicyclic amines) is 1. The van der Waals surface area contributed by atoms with Gasteiger partial charge in [0.2, 0.25) is 5.91 Å². The lowest BCUT2D eigenvalue weighted by molar-refractivity contribution is -0.133. The van der Waals surface area contributed by atoms with Gasteiger partial charge in [-0.1, -0.05) is 23.7 Å². The van der Waals surface area contributed by atoms with Crippen molar-refractivity contribution in [2.45, 2.75) is 31.8 Å². The fourth-order valence-electron chi connectivity index (χ4n) is 3.39. The van der Waals surface area contributed by atoms with E-state index in [1.54, 1.807) is 38.3 Å². The summed E-state index contributed by atoms with van der Waals surface area (Å²) in [6.07, 6.45) is 1.86. The van der Waals surface area contributed by atoms with E-state index >= 15 is 0 Å². The molecule has 2 amide bonds. The van der Waals surface area contributed by atoms with Crippen molar-refractivity contribution >= 4 is 23.4 Å². The van der Waals surface area contributed by atoms with Gasteiger partial charge in [0.15, 0.2) is 0 Å². The van der Waals surface area contributed by atoms with E-state index in [0.717, 1.165) is 24.2 Å². The fraction of sp³-hybridized carbons (Fsp3) is 0.333. The van der Waals surface area contributed by atoms with Gasteiger partial charge in [-0.3, -0.25) is 9.59 Å². The summed E-state index contributed by atoms with van der Waals surface area (Å²) >= 11 is 5.85. The zero-order chi connectivity index (χ0) is 19.4. The maximum atomic E-state index is 12.9. The molecule has 1 aliphatic rings. The van der Waals surface area contributed by atoms with Crippen molar-refractivity contribution in [1.82, 2.24) is 10.2 Å². The van der Waals surface area contributed by atoms with Crippen LogP contribution >= 0.6 is 11.6 Å². The molecular weight excluding hydrogens is 364 g/mol. The normalized spacial score (nSPS) is 17.4. The first kappa shape index (κ1) is 19.2. The average Bonchev–Trinajstić information content (AvgIpc) is 3.17. The summed E-state index contributed by atoms with van der Waals surface area (Å²) in [5.74, 6) is 0.432. The van der Waals surface area contributed by atoms with Gasteiger partial charge < -0.3 is 15.0 Å². The van der Waals surface area contributed by atoms with Crippen LogP contribution in [0.4, 0.5) is 0 Å². The number of benzene rings is 2. The molecule has 3 rings (SSSR count). The van der Waals surface area contributed by atoms with Crippen LogP contribution in [-0.4, -0.2) is 36.4 Å². The van der Waals surface area contributed by atoms with E-state index in [1.165, 1.54) is 0 Å². The molecule has 0 saturated carbocycles. The van der Waals surface area contributed by atoms with E-state index < -0.39 is 6.04 Å². The molecule has 0 aromatic heterocycles. The molecule has 1 saturated heterocycles. The summed E-state index contributed by atoms with van der Waals surface area (Å²) in [6, 6.07) is 13.8. The second kappa shape index (κ2) is 8.44. The van der Waals surface area contributed by atoms with Crippen molar-refractivity contribution < 1.29 is 14.3 Å². The number of carbonyl (C=O) groups is 2. The first-order valence-electron chi connectivity index (χ1n) is 9.00. The van der Waals surface area contributed by atoms with Crippen LogP contribution in [-0.2, 0) is 4.79 Å². The predicted octanol–water partition coefficient (Wildman–Crippen LogP) is 3.83. The molecule has 1 heterocycles. The summed E-state index contributed by atoms with van der Waals surface area (Å²) < 4.78 is 5.20. The highest BCUT2D eigenvalue weighted by atomic mass is 35.5. The van der Waals surface area contributed by atoms with Crippen LogP contribution in [0.3, 0.4) is 0 Å². The number of nitrogens with zero attached hydrogens (tertiary/aromatic N) is 1. The second-order valence-electron chi connectivity index (χ2n) is 6.66. The van der Waals surface area contributed by atoms with E-state index in [-0.39, 0.29) is 17.9 Å². The van der Waals surface area contributed by atoms with Crippen molar-refractivity contribution in [2.75, 3.05) is 13.7 Å². The quantitative estimate of drug-likeness (QED) is 0.849. The van der Waals surface area contributed by atoms with Crippen molar-refractivity contribution in [3.8, 4) is 5.75 Å². The Labute approximate surface area is 164 Å². The molecule has 0 bridgehead atoms. The lowest BCUT2D eigenvalue weighted by atomic mass is 10.0. The molecule has 6 heteroatoms. The summed E-state index contributed by atoms with van der Waals surface area (Å²) in [6.45, 7) is 2.41. The zero-order valence-electron chi connectivity index (χ0n) is 15.4. The number of amides is 2. The lowest BCUT2D eigenvalue weighted by Gasteiger charge is -2.28. The highest BCUT2D eigenvalue weighted by Crippen LogP contribution is 2.33. The maximum Gasteiger partial charge on any atom is 0.251 e. The van der Waals surface area contributed by atoms with Crippen LogP contribution in [0.15, 0.2) is 48.5 Å². The second-order valence-corrected chi connectivity index (χ2v) is 7.10. The Hall–Kier alpha value is -2.53. The smallest absolute Gasteiger partial charge is 0.251 e. The molecule has 2 aromatic rings. The first-order chi connectivity index (χ1) is 13.0. The third kappa shape index (κ3) is 4.42. The molecule has 142 valence electrons. The summed E-state index contributed by atoms with van der Waals surface area (Å²) in [5, 5.41) is 3.35. The van der Waals surface area contributed by atoms with Gasteiger partial charge in [0.05, 0.1) is 13.2 Å². The molecule has 0 aliphatic carbocycles. The van der Waals surface area contributed by atoms with Gasteiger partial charge in [-0.2, -0.15) is 0 Å². The molecule has 1 fully saturated rings. The molecule has 5 nitrogen and oxygen atoms in total. The Morgan fingerprint density at radius 1 is 1.15 bits per heavy atom. The van der Waals surface area contributed by atoms with Crippen LogP contribution in [0.1, 0.15) is 41.7 Å². The highest BCUT2D eigenvalue weighted by molar-refractivity contribution is 6.30. The van der Waals surface area contributed by atoms with Crippen molar-refractivity contribution in [1.29, 1.82) is 0 Å². The number of nitrogens with one attached hydrogen (secondary N) is 1. The minimum Gasteiger partial charge on any atom is -0.497 e. The molecule has 1 N–H and O–H groups in total.